The highest BCUT2D eigenvalue weighted by Crippen LogP contribution is 2.49. The van der Waals surface area contributed by atoms with Gasteiger partial charge in [0.2, 0.25) is 5.91 Å². The quantitative estimate of drug-likeness (QED) is 0.812. The van der Waals surface area contributed by atoms with Gasteiger partial charge in [0.15, 0.2) is 0 Å². The molecule has 6 heteroatoms. The van der Waals surface area contributed by atoms with Crippen LogP contribution < -0.4 is 5.32 Å². The maximum atomic E-state index is 12.5. The number of carbonyl (C=O) groups excluding carboxylic acids is 1. The zero-order chi connectivity index (χ0) is 14.1. The van der Waals surface area contributed by atoms with E-state index in [2.05, 4.69) is 17.9 Å². The molecule has 1 aliphatic carbocycles. The number of thiol groups is 1. The molecule has 0 bridgehead atoms. The van der Waals surface area contributed by atoms with E-state index in [1.54, 1.807) is 0 Å². The molecule has 0 atom stereocenters. The van der Waals surface area contributed by atoms with Crippen LogP contribution in [0.2, 0.25) is 0 Å². The summed E-state index contributed by atoms with van der Waals surface area (Å²) in [5.74, 6) is 0.370. The number of carbonyl (C=O) groups is 1. The van der Waals surface area contributed by atoms with E-state index < -0.39 is 11.7 Å². The van der Waals surface area contributed by atoms with E-state index in [4.69, 9.17) is 0 Å². The van der Waals surface area contributed by atoms with Gasteiger partial charge in [0.1, 0.15) is 0 Å². The van der Waals surface area contributed by atoms with Crippen LogP contribution in [0.25, 0.3) is 0 Å². The maximum Gasteiger partial charge on any atom is 0.416 e. The third-order valence-electron chi connectivity index (χ3n) is 3.30. The Labute approximate surface area is 114 Å². The van der Waals surface area contributed by atoms with E-state index in [1.165, 1.54) is 12.1 Å². The fraction of sp³-hybridized carbons (Fsp3) is 0.462. The summed E-state index contributed by atoms with van der Waals surface area (Å²) >= 11 is 4.19. The Kier molecular flexibility index (Phi) is 3.80. The Bertz CT molecular complexity index is 483. The number of benzene rings is 1. The molecule has 1 aromatic rings. The molecule has 0 radical (unpaired) electrons. The molecule has 1 fully saturated rings. The van der Waals surface area contributed by atoms with Gasteiger partial charge in [-0.15, -0.1) is 0 Å². The van der Waals surface area contributed by atoms with Crippen molar-refractivity contribution in [3.63, 3.8) is 0 Å². The van der Waals surface area contributed by atoms with Gasteiger partial charge < -0.3 is 5.32 Å². The van der Waals surface area contributed by atoms with Gasteiger partial charge in [0.25, 0.3) is 0 Å². The molecule has 0 aliphatic heterocycles. The summed E-state index contributed by atoms with van der Waals surface area (Å²) in [4.78, 5) is 11.8. The van der Waals surface area contributed by atoms with Crippen molar-refractivity contribution in [1.82, 2.24) is 0 Å². The molecular weight excluding hydrogens is 275 g/mol. The second kappa shape index (κ2) is 5.07. The van der Waals surface area contributed by atoms with E-state index in [0.29, 0.717) is 12.2 Å². The Hall–Kier alpha value is -1.17. The molecule has 1 amide bonds. The lowest BCUT2D eigenvalue weighted by atomic mass is 10.0. The standard InChI is InChI=1S/C13H14F3NOS/c14-13(15,16)9-2-1-3-10(6-9)17-11(18)7-12(8-19)4-5-12/h1-3,6,19H,4-5,7-8H2,(H,17,18). The maximum absolute atomic E-state index is 12.5. The van der Waals surface area contributed by atoms with Crippen LogP contribution in [0.1, 0.15) is 24.8 Å². The van der Waals surface area contributed by atoms with E-state index in [-0.39, 0.29) is 17.0 Å². The molecule has 1 aliphatic rings. The predicted molar refractivity (Wildman–Crippen MR) is 70.2 cm³/mol. The number of halogens is 3. The van der Waals surface area contributed by atoms with Crippen LogP contribution in [0.3, 0.4) is 0 Å². The summed E-state index contributed by atoms with van der Waals surface area (Å²) in [6, 6.07) is 4.65. The first-order valence-corrected chi connectivity index (χ1v) is 6.56. The Morgan fingerprint density at radius 2 is 2.05 bits per heavy atom. The lowest BCUT2D eigenvalue weighted by molar-refractivity contribution is -0.137. The van der Waals surface area contributed by atoms with Gasteiger partial charge in [0.05, 0.1) is 5.56 Å². The molecule has 19 heavy (non-hydrogen) atoms. The smallest absolute Gasteiger partial charge is 0.326 e. The zero-order valence-corrected chi connectivity index (χ0v) is 11.0. The van der Waals surface area contributed by atoms with Crippen LogP contribution >= 0.6 is 12.6 Å². The minimum absolute atomic E-state index is 0.0468. The number of hydrogen-bond donors (Lipinski definition) is 2. The van der Waals surface area contributed by atoms with Crippen molar-refractivity contribution >= 4 is 24.2 Å². The van der Waals surface area contributed by atoms with E-state index in [9.17, 15) is 18.0 Å². The largest absolute Gasteiger partial charge is 0.416 e. The average Bonchev–Trinajstić information content (AvgIpc) is 3.08. The highest BCUT2D eigenvalue weighted by atomic mass is 32.1. The molecule has 0 aromatic heterocycles. The minimum atomic E-state index is -4.40. The molecule has 0 spiro atoms. The monoisotopic (exact) mass is 289 g/mol. The first-order valence-electron chi connectivity index (χ1n) is 5.93. The van der Waals surface area contributed by atoms with Gasteiger partial charge in [-0.2, -0.15) is 25.8 Å². The van der Waals surface area contributed by atoms with Gasteiger partial charge in [-0.25, -0.2) is 0 Å². The molecular formula is C13H14F3NOS. The summed E-state index contributed by atoms with van der Waals surface area (Å²) in [6.45, 7) is 0. The second-order valence-corrected chi connectivity index (χ2v) is 5.28. The second-order valence-electron chi connectivity index (χ2n) is 4.96. The fourth-order valence-electron chi connectivity index (χ4n) is 1.89. The van der Waals surface area contributed by atoms with Crippen LogP contribution in [0.5, 0.6) is 0 Å². The van der Waals surface area contributed by atoms with Crippen molar-refractivity contribution in [2.24, 2.45) is 5.41 Å². The van der Waals surface area contributed by atoms with Crippen LogP contribution in [0, 0.1) is 5.41 Å². The Morgan fingerprint density at radius 3 is 2.58 bits per heavy atom. The molecule has 104 valence electrons. The van der Waals surface area contributed by atoms with Crippen molar-refractivity contribution in [3.05, 3.63) is 29.8 Å². The van der Waals surface area contributed by atoms with E-state index >= 15 is 0 Å². The van der Waals surface area contributed by atoms with Crippen molar-refractivity contribution in [2.75, 3.05) is 11.1 Å². The fourth-order valence-corrected chi connectivity index (χ4v) is 2.31. The van der Waals surface area contributed by atoms with Gasteiger partial charge >= 0.3 is 6.18 Å². The molecule has 0 saturated heterocycles. The molecule has 1 saturated carbocycles. The first kappa shape index (κ1) is 14.2. The summed E-state index contributed by atoms with van der Waals surface area (Å²) in [6.07, 6.45) is -2.19. The third kappa shape index (κ3) is 3.65. The minimum Gasteiger partial charge on any atom is -0.326 e. The zero-order valence-electron chi connectivity index (χ0n) is 10.1. The summed E-state index contributed by atoms with van der Waals surface area (Å²) in [7, 11) is 0. The number of alkyl halides is 3. The van der Waals surface area contributed by atoms with Crippen molar-refractivity contribution < 1.29 is 18.0 Å². The first-order chi connectivity index (χ1) is 8.85. The molecule has 1 aromatic carbocycles. The number of rotatable bonds is 4. The van der Waals surface area contributed by atoms with Gasteiger partial charge in [0, 0.05) is 12.1 Å². The number of anilines is 1. The summed E-state index contributed by atoms with van der Waals surface area (Å²) in [5.41, 5.74) is -0.634. The molecule has 1 N–H and O–H groups in total. The van der Waals surface area contributed by atoms with Gasteiger partial charge in [-0.1, -0.05) is 6.07 Å². The third-order valence-corrected chi connectivity index (χ3v) is 3.97. The van der Waals surface area contributed by atoms with Crippen LogP contribution in [-0.4, -0.2) is 11.7 Å². The van der Waals surface area contributed by atoms with Crippen molar-refractivity contribution in [2.45, 2.75) is 25.4 Å². The van der Waals surface area contributed by atoms with Crippen molar-refractivity contribution in [1.29, 1.82) is 0 Å². The van der Waals surface area contributed by atoms with Crippen LogP contribution in [0.15, 0.2) is 24.3 Å². The van der Waals surface area contributed by atoms with Crippen molar-refractivity contribution in [3.8, 4) is 0 Å². The van der Waals surface area contributed by atoms with Gasteiger partial charge in [-0.05, 0) is 42.2 Å². The normalized spacial score (nSPS) is 17.1. The number of nitrogens with one attached hydrogen (secondary N) is 1. The molecule has 0 heterocycles. The molecule has 2 nitrogen and oxygen atoms in total. The summed E-state index contributed by atoms with van der Waals surface area (Å²) in [5, 5.41) is 2.51. The highest BCUT2D eigenvalue weighted by Gasteiger charge is 2.42. The Balaban J connectivity index is 2.01. The van der Waals surface area contributed by atoms with Gasteiger partial charge in [-0.3, -0.25) is 4.79 Å². The SMILES string of the molecule is O=C(CC1(CS)CC1)Nc1cccc(C(F)(F)F)c1. The molecule has 2 rings (SSSR count). The number of amides is 1. The lowest BCUT2D eigenvalue weighted by Gasteiger charge is -2.13. The van der Waals surface area contributed by atoms with Crippen LogP contribution in [0.4, 0.5) is 18.9 Å². The summed E-state index contributed by atoms with van der Waals surface area (Å²) < 4.78 is 37.6. The number of hydrogen-bond acceptors (Lipinski definition) is 2. The Morgan fingerprint density at radius 1 is 1.37 bits per heavy atom. The average molecular weight is 289 g/mol. The van der Waals surface area contributed by atoms with E-state index in [1.807, 2.05) is 0 Å². The lowest BCUT2D eigenvalue weighted by Crippen LogP contribution is -2.18. The highest BCUT2D eigenvalue weighted by molar-refractivity contribution is 7.80. The van der Waals surface area contributed by atoms with E-state index in [0.717, 1.165) is 25.0 Å². The predicted octanol–water partition coefficient (Wildman–Crippen LogP) is 3.74. The van der Waals surface area contributed by atoms with Crippen LogP contribution in [-0.2, 0) is 11.0 Å². The topological polar surface area (TPSA) is 29.1 Å². The molecule has 0 unspecified atom stereocenters.